The summed E-state index contributed by atoms with van der Waals surface area (Å²) >= 11 is 6.16. The van der Waals surface area contributed by atoms with Gasteiger partial charge in [0.15, 0.2) is 11.5 Å². The number of ether oxygens (including phenoxy) is 3. The number of hydrogen-bond donors (Lipinski definition) is 1. The van der Waals surface area contributed by atoms with E-state index in [1.165, 1.54) is 7.11 Å². The number of methoxy groups -OCH3 is 1. The lowest BCUT2D eigenvalue weighted by Crippen LogP contribution is -2.17. The summed E-state index contributed by atoms with van der Waals surface area (Å²) in [5.41, 5.74) is 4.62. The Hall–Kier alpha value is -3.51. The van der Waals surface area contributed by atoms with E-state index in [1.54, 1.807) is 24.4 Å². The van der Waals surface area contributed by atoms with Crippen molar-refractivity contribution in [1.82, 2.24) is 5.43 Å². The van der Waals surface area contributed by atoms with Crippen LogP contribution in [0.1, 0.15) is 34.8 Å². The molecule has 0 atom stereocenters. The standard InChI is InChI=1S/C25H25ClN2O4/c1-3-13-31-23-12-11-19(15-24(23)30-2)25(29)28-27-16-18-7-6-9-21(14-18)32-17-20-8-4-5-10-22(20)26/h4-12,14-16H,3,13,17H2,1-2H3,(H,28,29)/b27-16+. The van der Waals surface area contributed by atoms with Crippen LogP contribution in [-0.4, -0.2) is 25.8 Å². The third kappa shape index (κ3) is 6.49. The highest BCUT2D eigenvalue weighted by Crippen LogP contribution is 2.28. The molecule has 166 valence electrons. The van der Waals surface area contributed by atoms with Gasteiger partial charge in [0, 0.05) is 16.1 Å². The van der Waals surface area contributed by atoms with Gasteiger partial charge < -0.3 is 14.2 Å². The highest BCUT2D eigenvalue weighted by molar-refractivity contribution is 6.31. The van der Waals surface area contributed by atoms with Crippen LogP contribution in [-0.2, 0) is 6.61 Å². The number of hydrazone groups is 1. The zero-order valence-electron chi connectivity index (χ0n) is 18.0. The molecular formula is C25H25ClN2O4. The van der Waals surface area contributed by atoms with Crippen LogP contribution in [0, 0.1) is 0 Å². The maximum atomic E-state index is 12.4. The van der Waals surface area contributed by atoms with E-state index in [4.69, 9.17) is 25.8 Å². The minimum absolute atomic E-state index is 0.354. The van der Waals surface area contributed by atoms with E-state index in [1.807, 2.05) is 55.5 Å². The van der Waals surface area contributed by atoms with Gasteiger partial charge in [-0.3, -0.25) is 4.79 Å². The van der Waals surface area contributed by atoms with E-state index in [-0.39, 0.29) is 5.91 Å². The smallest absolute Gasteiger partial charge is 0.271 e. The van der Waals surface area contributed by atoms with Crippen LogP contribution in [0.3, 0.4) is 0 Å². The number of benzene rings is 3. The molecule has 0 aliphatic heterocycles. The van der Waals surface area contributed by atoms with Crippen LogP contribution in [0.2, 0.25) is 5.02 Å². The molecule has 32 heavy (non-hydrogen) atoms. The summed E-state index contributed by atoms with van der Waals surface area (Å²) < 4.78 is 16.7. The van der Waals surface area contributed by atoms with Gasteiger partial charge in [0.1, 0.15) is 12.4 Å². The molecule has 0 radical (unpaired) electrons. The zero-order valence-corrected chi connectivity index (χ0v) is 18.8. The summed E-state index contributed by atoms with van der Waals surface area (Å²) in [5, 5.41) is 4.71. The maximum Gasteiger partial charge on any atom is 0.271 e. The predicted octanol–water partition coefficient (Wildman–Crippen LogP) is 5.48. The Morgan fingerprint density at radius 2 is 1.88 bits per heavy atom. The molecule has 0 unspecified atom stereocenters. The summed E-state index contributed by atoms with van der Waals surface area (Å²) in [4.78, 5) is 12.4. The van der Waals surface area contributed by atoms with Gasteiger partial charge in [0.05, 0.1) is 19.9 Å². The summed E-state index contributed by atoms with van der Waals surface area (Å²) in [6.45, 7) is 2.96. The number of rotatable bonds is 10. The fraction of sp³-hybridized carbons (Fsp3) is 0.200. The Kier molecular flexibility index (Phi) is 8.52. The van der Waals surface area contributed by atoms with Crippen LogP contribution >= 0.6 is 11.6 Å². The van der Waals surface area contributed by atoms with Crippen molar-refractivity contribution in [2.24, 2.45) is 5.10 Å². The maximum absolute atomic E-state index is 12.4. The number of carbonyl (C=O) groups excluding carboxylic acids is 1. The minimum atomic E-state index is -0.354. The fourth-order valence-electron chi connectivity index (χ4n) is 2.83. The van der Waals surface area contributed by atoms with Crippen molar-refractivity contribution in [3.05, 3.63) is 88.4 Å². The summed E-state index contributed by atoms with van der Waals surface area (Å²) in [6.07, 6.45) is 2.43. The van der Waals surface area contributed by atoms with Gasteiger partial charge in [-0.15, -0.1) is 0 Å². The molecule has 0 saturated heterocycles. The van der Waals surface area contributed by atoms with E-state index >= 15 is 0 Å². The second-order valence-corrected chi connectivity index (χ2v) is 7.27. The highest BCUT2D eigenvalue weighted by Gasteiger charge is 2.10. The normalized spacial score (nSPS) is 10.7. The average molecular weight is 453 g/mol. The van der Waals surface area contributed by atoms with Crippen LogP contribution in [0.25, 0.3) is 0 Å². The van der Waals surface area contributed by atoms with E-state index < -0.39 is 0 Å². The second kappa shape index (κ2) is 11.8. The number of carbonyl (C=O) groups is 1. The molecule has 0 aromatic heterocycles. The Bertz CT molecular complexity index is 1090. The highest BCUT2D eigenvalue weighted by atomic mass is 35.5. The molecule has 0 bridgehead atoms. The van der Waals surface area contributed by atoms with Crippen LogP contribution in [0.5, 0.6) is 17.2 Å². The molecule has 1 N–H and O–H groups in total. The SMILES string of the molecule is CCCOc1ccc(C(=O)N/N=C/c2cccc(OCc3ccccc3Cl)c2)cc1OC. The second-order valence-electron chi connectivity index (χ2n) is 6.87. The third-order valence-corrected chi connectivity index (χ3v) is 4.85. The van der Waals surface area contributed by atoms with Crippen molar-refractivity contribution in [2.45, 2.75) is 20.0 Å². The van der Waals surface area contributed by atoms with Gasteiger partial charge in [-0.25, -0.2) is 5.43 Å². The molecular weight excluding hydrogens is 428 g/mol. The number of amides is 1. The Morgan fingerprint density at radius 1 is 1.03 bits per heavy atom. The monoisotopic (exact) mass is 452 g/mol. The van der Waals surface area contributed by atoms with Gasteiger partial charge in [0.25, 0.3) is 5.91 Å². The van der Waals surface area contributed by atoms with E-state index in [0.717, 1.165) is 17.5 Å². The molecule has 6 nitrogen and oxygen atoms in total. The lowest BCUT2D eigenvalue weighted by atomic mass is 10.2. The summed E-state index contributed by atoms with van der Waals surface area (Å²) in [6, 6.07) is 19.9. The molecule has 3 aromatic rings. The first-order chi connectivity index (χ1) is 15.6. The van der Waals surface area contributed by atoms with Crippen molar-refractivity contribution in [3.8, 4) is 17.2 Å². The molecule has 7 heteroatoms. The molecule has 3 rings (SSSR count). The molecule has 0 aliphatic carbocycles. The van der Waals surface area contributed by atoms with Crippen molar-refractivity contribution >= 4 is 23.7 Å². The average Bonchev–Trinajstić information content (AvgIpc) is 2.82. The number of nitrogens with zero attached hydrogens (tertiary/aromatic N) is 1. The third-order valence-electron chi connectivity index (χ3n) is 4.48. The summed E-state index contributed by atoms with van der Waals surface area (Å²) in [7, 11) is 1.54. The lowest BCUT2D eigenvalue weighted by molar-refractivity contribution is 0.0954. The minimum Gasteiger partial charge on any atom is -0.493 e. The van der Waals surface area contributed by atoms with E-state index in [9.17, 15) is 4.79 Å². The molecule has 0 spiro atoms. The molecule has 0 aliphatic rings. The van der Waals surface area contributed by atoms with Crippen LogP contribution in [0.4, 0.5) is 0 Å². The molecule has 0 heterocycles. The van der Waals surface area contributed by atoms with E-state index in [0.29, 0.717) is 41.0 Å². The topological polar surface area (TPSA) is 69.2 Å². The van der Waals surface area contributed by atoms with Crippen molar-refractivity contribution in [1.29, 1.82) is 0 Å². The lowest BCUT2D eigenvalue weighted by Gasteiger charge is -2.11. The largest absolute Gasteiger partial charge is 0.493 e. The molecule has 3 aromatic carbocycles. The Labute approximate surface area is 192 Å². The molecule has 0 saturated carbocycles. The quantitative estimate of drug-likeness (QED) is 0.326. The Balaban J connectivity index is 1.59. The van der Waals surface area contributed by atoms with Crippen LogP contribution in [0.15, 0.2) is 71.8 Å². The van der Waals surface area contributed by atoms with Gasteiger partial charge in [-0.2, -0.15) is 5.10 Å². The first-order valence-electron chi connectivity index (χ1n) is 10.2. The Morgan fingerprint density at radius 3 is 2.66 bits per heavy atom. The van der Waals surface area contributed by atoms with Crippen molar-refractivity contribution in [3.63, 3.8) is 0 Å². The molecule has 0 fully saturated rings. The van der Waals surface area contributed by atoms with E-state index in [2.05, 4.69) is 10.5 Å². The number of hydrogen-bond acceptors (Lipinski definition) is 5. The van der Waals surface area contributed by atoms with Gasteiger partial charge in [-0.05, 0) is 48.4 Å². The van der Waals surface area contributed by atoms with Crippen LogP contribution < -0.4 is 19.6 Å². The van der Waals surface area contributed by atoms with Gasteiger partial charge in [0.2, 0.25) is 0 Å². The summed E-state index contributed by atoms with van der Waals surface area (Å²) in [5.74, 6) is 1.42. The zero-order chi connectivity index (χ0) is 22.8. The molecule has 1 amide bonds. The predicted molar refractivity (Wildman–Crippen MR) is 126 cm³/mol. The fourth-order valence-corrected chi connectivity index (χ4v) is 3.02. The van der Waals surface area contributed by atoms with Gasteiger partial charge in [-0.1, -0.05) is 48.9 Å². The van der Waals surface area contributed by atoms with Gasteiger partial charge >= 0.3 is 0 Å². The first-order valence-corrected chi connectivity index (χ1v) is 10.6. The number of nitrogens with one attached hydrogen (secondary N) is 1. The van der Waals surface area contributed by atoms with Crippen molar-refractivity contribution < 1.29 is 19.0 Å². The first kappa shape index (κ1) is 23.2. The number of halogens is 1. The van der Waals surface area contributed by atoms with Crippen molar-refractivity contribution in [2.75, 3.05) is 13.7 Å².